The molecule has 0 atom stereocenters. The molecule has 0 spiro atoms. The Morgan fingerprint density at radius 3 is 2.07 bits per heavy atom. The van der Waals surface area contributed by atoms with Gasteiger partial charge < -0.3 is 10.1 Å². The molecule has 2 fully saturated rings. The Kier molecular flexibility index (Phi) is 3.82. The van der Waals surface area contributed by atoms with Crippen molar-refractivity contribution in [3.63, 3.8) is 0 Å². The van der Waals surface area contributed by atoms with E-state index in [2.05, 4.69) is 12.2 Å². The summed E-state index contributed by atoms with van der Waals surface area (Å²) in [4.78, 5) is 0. The molecule has 82 valence electrons. The Labute approximate surface area is 87.4 Å². The quantitative estimate of drug-likeness (QED) is 0.733. The van der Waals surface area contributed by atoms with Crippen molar-refractivity contribution in [2.75, 3.05) is 13.1 Å². The highest BCUT2D eigenvalue weighted by atomic mass is 16.5. The zero-order valence-electron chi connectivity index (χ0n) is 9.30. The number of hydrogen-bond donors (Lipinski definition) is 1. The molecule has 0 aromatic heterocycles. The molecule has 0 aromatic carbocycles. The molecule has 2 rings (SSSR count). The summed E-state index contributed by atoms with van der Waals surface area (Å²) in [7, 11) is 0. The van der Waals surface area contributed by atoms with Gasteiger partial charge in [-0.3, -0.25) is 0 Å². The van der Waals surface area contributed by atoms with Crippen LogP contribution in [0.25, 0.3) is 0 Å². The molecular weight excluding hydrogens is 174 g/mol. The maximum atomic E-state index is 6.14. The molecular formula is C12H23NO. The van der Waals surface area contributed by atoms with Crippen LogP contribution < -0.4 is 5.32 Å². The first-order chi connectivity index (χ1) is 6.84. The Morgan fingerprint density at radius 2 is 1.43 bits per heavy atom. The molecule has 0 amide bonds. The average molecular weight is 197 g/mol. The van der Waals surface area contributed by atoms with Gasteiger partial charge in [-0.25, -0.2) is 0 Å². The first-order valence-corrected chi connectivity index (χ1v) is 6.21. The van der Waals surface area contributed by atoms with Crippen molar-refractivity contribution < 1.29 is 4.74 Å². The van der Waals surface area contributed by atoms with Crippen LogP contribution in [0.2, 0.25) is 0 Å². The molecule has 1 N–H and O–H groups in total. The van der Waals surface area contributed by atoms with E-state index >= 15 is 0 Å². The van der Waals surface area contributed by atoms with Crippen LogP contribution in [0.3, 0.4) is 0 Å². The van der Waals surface area contributed by atoms with E-state index < -0.39 is 0 Å². The fourth-order valence-electron chi connectivity index (χ4n) is 2.57. The number of ether oxygens (including phenoxy) is 1. The van der Waals surface area contributed by atoms with E-state index in [0.717, 1.165) is 19.0 Å². The van der Waals surface area contributed by atoms with E-state index in [9.17, 15) is 0 Å². The van der Waals surface area contributed by atoms with Crippen LogP contribution in [-0.2, 0) is 4.74 Å². The molecule has 14 heavy (non-hydrogen) atoms. The number of rotatable bonds is 2. The number of hydrogen-bond acceptors (Lipinski definition) is 2. The minimum Gasteiger partial charge on any atom is -0.375 e. The second kappa shape index (κ2) is 5.13. The van der Waals surface area contributed by atoms with Gasteiger partial charge in [0.15, 0.2) is 0 Å². The smallest absolute Gasteiger partial charge is 0.0603 e. The summed E-state index contributed by atoms with van der Waals surface area (Å²) >= 11 is 0. The molecule has 2 heteroatoms. The summed E-state index contributed by atoms with van der Waals surface area (Å²) in [6, 6.07) is 0. The molecule has 2 aliphatic rings. The minimum absolute atomic E-state index is 0.551. The predicted molar refractivity (Wildman–Crippen MR) is 58.4 cm³/mol. The van der Waals surface area contributed by atoms with Gasteiger partial charge in [-0.15, -0.1) is 0 Å². The lowest BCUT2D eigenvalue weighted by Gasteiger charge is -2.32. The fourth-order valence-corrected chi connectivity index (χ4v) is 2.57. The standard InChI is InChI=1S/C12H23NO/c1-10-2-4-11(5-3-10)14-12-6-8-13-9-7-12/h10-13H,2-9H2,1H3/t10-,11-. The highest BCUT2D eigenvalue weighted by Crippen LogP contribution is 2.27. The second-order valence-corrected chi connectivity index (χ2v) is 4.97. The van der Waals surface area contributed by atoms with Gasteiger partial charge in [0, 0.05) is 0 Å². The van der Waals surface area contributed by atoms with E-state index in [-0.39, 0.29) is 0 Å². The van der Waals surface area contributed by atoms with E-state index in [4.69, 9.17) is 4.74 Å². The Morgan fingerprint density at radius 1 is 0.857 bits per heavy atom. The van der Waals surface area contributed by atoms with Crippen molar-refractivity contribution in [2.24, 2.45) is 5.92 Å². The van der Waals surface area contributed by atoms with Crippen LogP contribution in [0.15, 0.2) is 0 Å². The molecule has 0 aromatic rings. The monoisotopic (exact) mass is 197 g/mol. The van der Waals surface area contributed by atoms with Gasteiger partial charge >= 0.3 is 0 Å². The van der Waals surface area contributed by atoms with Gasteiger partial charge in [0.25, 0.3) is 0 Å². The third kappa shape index (κ3) is 2.96. The predicted octanol–water partition coefficient (Wildman–Crippen LogP) is 2.33. The lowest BCUT2D eigenvalue weighted by molar-refractivity contribution is -0.0470. The molecule has 1 saturated carbocycles. The molecule has 2 nitrogen and oxygen atoms in total. The highest BCUT2D eigenvalue weighted by Gasteiger charge is 2.22. The Bertz CT molecular complexity index is 158. The van der Waals surface area contributed by atoms with Gasteiger partial charge in [-0.2, -0.15) is 0 Å². The lowest BCUT2D eigenvalue weighted by Crippen LogP contribution is -2.35. The van der Waals surface area contributed by atoms with E-state index in [1.165, 1.54) is 38.5 Å². The van der Waals surface area contributed by atoms with Crippen LogP contribution in [0.1, 0.15) is 45.4 Å². The van der Waals surface area contributed by atoms with Crippen LogP contribution in [0.4, 0.5) is 0 Å². The second-order valence-electron chi connectivity index (χ2n) is 4.97. The molecule has 0 radical (unpaired) electrons. The third-order valence-corrected chi connectivity index (χ3v) is 3.63. The van der Waals surface area contributed by atoms with Crippen molar-refractivity contribution in [1.82, 2.24) is 5.32 Å². The van der Waals surface area contributed by atoms with Crippen molar-refractivity contribution in [2.45, 2.75) is 57.7 Å². The van der Waals surface area contributed by atoms with Crippen molar-refractivity contribution in [1.29, 1.82) is 0 Å². The van der Waals surface area contributed by atoms with Crippen LogP contribution in [0.5, 0.6) is 0 Å². The van der Waals surface area contributed by atoms with E-state index in [1.54, 1.807) is 0 Å². The zero-order valence-corrected chi connectivity index (χ0v) is 9.30. The summed E-state index contributed by atoms with van der Waals surface area (Å²) < 4.78 is 6.14. The summed E-state index contributed by atoms with van der Waals surface area (Å²) in [5, 5.41) is 3.38. The highest BCUT2D eigenvalue weighted by molar-refractivity contribution is 4.74. The van der Waals surface area contributed by atoms with Gasteiger partial charge in [0.05, 0.1) is 12.2 Å². The summed E-state index contributed by atoms with van der Waals surface area (Å²) in [6.07, 6.45) is 8.89. The summed E-state index contributed by atoms with van der Waals surface area (Å²) in [6.45, 7) is 4.66. The van der Waals surface area contributed by atoms with Crippen molar-refractivity contribution >= 4 is 0 Å². The van der Waals surface area contributed by atoms with Gasteiger partial charge in [-0.1, -0.05) is 6.92 Å². The van der Waals surface area contributed by atoms with Crippen LogP contribution in [0, 0.1) is 5.92 Å². The fraction of sp³-hybridized carbons (Fsp3) is 1.00. The third-order valence-electron chi connectivity index (χ3n) is 3.63. The first-order valence-electron chi connectivity index (χ1n) is 6.21. The van der Waals surface area contributed by atoms with Gasteiger partial charge in [-0.05, 0) is 57.5 Å². The van der Waals surface area contributed by atoms with Crippen LogP contribution >= 0.6 is 0 Å². The average Bonchev–Trinajstić information content (AvgIpc) is 2.23. The number of nitrogens with one attached hydrogen (secondary N) is 1. The zero-order chi connectivity index (χ0) is 9.80. The first kappa shape index (κ1) is 10.4. The minimum atomic E-state index is 0.551. The van der Waals surface area contributed by atoms with Crippen LogP contribution in [-0.4, -0.2) is 25.3 Å². The molecule has 0 bridgehead atoms. The topological polar surface area (TPSA) is 21.3 Å². The van der Waals surface area contributed by atoms with Gasteiger partial charge in [0.2, 0.25) is 0 Å². The molecule has 1 heterocycles. The number of piperidine rings is 1. The molecule has 0 unspecified atom stereocenters. The largest absolute Gasteiger partial charge is 0.375 e. The summed E-state index contributed by atoms with van der Waals surface area (Å²) in [5.74, 6) is 0.933. The Balaban J connectivity index is 1.68. The van der Waals surface area contributed by atoms with Gasteiger partial charge in [0.1, 0.15) is 0 Å². The van der Waals surface area contributed by atoms with E-state index in [0.29, 0.717) is 12.2 Å². The maximum Gasteiger partial charge on any atom is 0.0603 e. The lowest BCUT2D eigenvalue weighted by atomic mass is 9.89. The SMILES string of the molecule is C[C@H]1CC[C@H](OC2CCNCC2)CC1. The van der Waals surface area contributed by atoms with Crippen molar-refractivity contribution in [3.05, 3.63) is 0 Å². The molecule has 1 saturated heterocycles. The molecule has 1 aliphatic heterocycles. The normalized spacial score (nSPS) is 35.8. The summed E-state index contributed by atoms with van der Waals surface area (Å²) in [5.41, 5.74) is 0. The van der Waals surface area contributed by atoms with Crippen molar-refractivity contribution in [3.8, 4) is 0 Å². The maximum absolute atomic E-state index is 6.14. The van der Waals surface area contributed by atoms with E-state index in [1.807, 2.05) is 0 Å². The Hall–Kier alpha value is -0.0800. The molecule has 1 aliphatic carbocycles.